The van der Waals surface area contributed by atoms with E-state index in [0.29, 0.717) is 18.1 Å². The third-order valence-corrected chi connectivity index (χ3v) is 7.49. The topological polar surface area (TPSA) is 62.5 Å². The highest BCUT2D eigenvalue weighted by Crippen LogP contribution is 2.31. The standard InChI is InChI=1S/C27H27BrClN5O/c1-16-12-17(2)25(18(3)13-16)27(35)33-10-8-19(9-11-33)31-24-14-23(20-6-4-5-7-22(20)29)32-26-21(28)15-30-34(24)26/h4-7,12-15,19,31H,8-11H2,1-3H3. The van der Waals surface area contributed by atoms with E-state index in [0.717, 1.165) is 56.7 Å². The molecule has 35 heavy (non-hydrogen) atoms. The van der Waals surface area contributed by atoms with Crippen LogP contribution in [0, 0.1) is 20.8 Å². The van der Waals surface area contributed by atoms with Gasteiger partial charge in [-0.2, -0.15) is 9.61 Å². The normalized spacial score (nSPS) is 14.5. The third kappa shape index (κ3) is 4.67. The van der Waals surface area contributed by atoms with E-state index in [1.54, 1.807) is 10.7 Å². The van der Waals surface area contributed by atoms with Crippen LogP contribution < -0.4 is 5.32 Å². The molecule has 0 saturated carbocycles. The number of piperidine rings is 1. The Hall–Kier alpha value is -2.90. The summed E-state index contributed by atoms with van der Waals surface area (Å²) in [6, 6.07) is 14.1. The molecular formula is C27H27BrClN5O. The average Bonchev–Trinajstić information content (AvgIpc) is 3.20. The average molecular weight is 553 g/mol. The summed E-state index contributed by atoms with van der Waals surface area (Å²) in [5.41, 5.74) is 6.49. The van der Waals surface area contributed by atoms with E-state index < -0.39 is 0 Å². The summed E-state index contributed by atoms with van der Waals surface area (Å²) in [4.78, 5) is 20.1. The number of hydrogen-bond donors (Lipinski definition) is 1. The fourth-order valence-corrected chi connectivity index (χ4v) is 5.54. The first-order valence-corrected chi connectivity index (χ1v) is 12.9. The van der Waals surface area contributed by atoms with E-state index in [-0.39, 0.29) is 11.9 Å². The molecule has 1 saturated heterocycles. The predicted octanol–water partition coefficient (Wildman–Crippen LogP) is 6.45. The second-order valence-corrected chi connectivity index (χ2v) is 10.5. The summed E-state index contributed by atoms with van der Waals surface area (Å²) in [7, 11) is 0. The minimum atomic E-state index is 0.127. The van der Waals surface area contributed by atoms with Crippen LogP contribution in [-0.2, 0) is 0 Å². The first kappa shape index (κ1) is 23.8. The van der Waals surface area contributed by atoms with Gasteiger partial charge in [0.15, 0.2) is 5.65 Å². The molecule has 1 amide bonds. The molecular weight excluding hydrogens is 526 g/mol. The molecule has 0 radical (unpaired) electrons. The Kier molecular flexibility index (Phi) is 6.55. The molecule has 1 fully saturated rings. The fourth-order valence-electron chi connectivity index (χ4n) is 4.96. The number of nitrogens with one attached hydrogen (secondary N) is 1. The van der Waals surface area contributed by atoms with Crippen LogP contribution in [0.25, 0.3) is 16.9 Å². The number of benzene rings is 2. The monoisotopic (exact) mass is 551 g/mol. The molecule has 180 valence electrons. The Balaban J connectivity index is 1.36. The van der Waals surface area contributed by atoms with Crippen molar-refractivity contribution in [1.29, 1.82) is 0 Å². The molecule has 2 aromatic heterocycles. The van der Waals surface area contributed by atoms with E-state index in [1.807, 2.05) is 49.1 Å². The van der Waals surface area contributed by atoms with Crippen molar-refractivity contribution in [2.45, 2.75) is 39.7 Å². The van der Waals surface area contributed by atoms with Gasteiger partial charge in [0, 0.05) is 41.3 Å². The van der Waals surface area contributed by atoms with Gasteiger partial charge >= 0.3 is 0 Å². The quantitative estimate of drug-likeness (QED) is 0.316. The number of aromatic nitrogens is 3. The van der Waals surface area contributed by atoms with Gasteiger partial charge in [-0.05, 0) is 66.7 Å². The highest BCUT2D eigenvalue weighted by atomic mass is 79.9. The molecule has 6 nitrogen and oxygen atoms in total. The summed E-state index contributed by atoms with van der Waals surface area (Å²) in [5, 5.41) is 8.80. The number of nitrogens with zero attached hydrogens (tertiary/aromatic N) is 4. The van der Waals surface area contributed by atoms with Crippen LogP contribution in [0.3, 0.4) is 0 Å². The molecule has 1 N–H and O–H groups in total. The Labute approximate surface area is 218 Å². The second-order valence-electron chi connectivity index (χ2n) is 9.22. The van der Waals surface area contributed by atoms with Crippen molar-refractivity contribution in [1.82, 2.24) is 19.5 Å². The van der Waals surface area contributed by atoms with Crippen LogP contribution in [0.5, 0.6) is 0 Å². The molecule has 0 bridgehead atoms. The smallest absolute Gasteiger partial charge is 0.254 e. The van der Waals surface area contributed by atoms with Gasteiger partial charge in [0.1, 0.15) is 5.82 Å². The molecule has 0 aliphatic carbocycles. The van der Waals surface area contributed by atoms with Crippen LogP contribution in [0.4, 0.5) is 5.82 Å². The summed E-state index contributed by atoms with van der Waals surface area (Å²) < 4.78 is 2.62. The van der Waals surface area contributed by atoms with Crippen LogP contribution in [0.2, 0.25) is 5.02 Å². The molecule has 2 aromatic carbocycles. The van der Waals surface area contributed by atoms with E-state index in [9.17, 15) is 4.79 Å². The summed E-state index contributed by atoms with van der Waals surface area (Å²) in [5.74, 6) is 0.979. The van der Waals surface area contributed by atoms with Crippen LogP contribution in [0.1, 0.15) is 39.9 Å². The van der Waals surface area contributed by atoms with Crippen molar-refractivity contribution in [3.05, 3.63) is 80.4 Å². The van der Waals surface area contributed by atoms with Gasteiger partial charge in [-0.3, -0.25) is 4.79 Å². The van der Waals surface area contributed by atoms with Crippen LogP contribution in [-0.4, -0.2) is 44.5 Å². The number of carbonyl (C=O) groups is 1. The van der Waals surface area contributed by atoms with Gasteiger partial charge < -0.3 is 10.2 Å². The minimum absolute atomic E-state index is 0.127. The zero-order valence-corrected chi connectivity index (χ0v) is 22.3. The van der Waals surface area contributed by atoms with Crippen LogP contribution in [0.15, 0.2) is 53.1 Å². The molecule has 0 unspecified atom stereocenters. The van der Waals surface area contributed by atoms with Crippen molar-refractivity contribution < 1.29 is 4.79 Å². The molecule has 5 rings (SSSR count). The Bertz CT molecular complexity index is 1400. The molecule has 1 aliphatic heterocycles. The lowest BCUT2D eigenvalue weighted by Gasteiger charge is -2.33. The van der Waals surface area contributed by atoms with Gasteiger partial charge in [0.2, 0.25) is 0 Å². The number of halogens is 2. The maximum absolute atomic E-state index is 13.3. The lowest BCUT2D eigenvalue weighted by atomic mass is 9.97. The van der Waals surface area contributed by atoms with Gasteiger partial charge in [0.25, 0.3) is 5.91 Å². The highest BCUT2D eigenvalue weighted by Gasteiger charge is 2.26. The van der Waals surface area contributed by atoms with Crippen molar-refractivity contribution in [2.24, 2.45) is 0 Å². The van der Waals surface area contributed by atoms with Crippen molar-refractivity contribution >= 4 is 44.9 Å². The zero-order chi connectivity index (χ0) is 24.7. The van der Waals surface area contributed by atoms with E-state index in [2.05, 4.69) is 45.4 Å². The number of likely N-dealkylation sites (tertiary alicyclic amines) is 1. The van der Waals surface area contributed by atoms with Gasteiger partial charge in [-0.15, -0.1) is 0 Å². The Morgan fingerprint density at radius 1 is 1.09 bits per heavy atom. The summed E-state index contributed by atoms with van der Waals surface area (Å²) in [6.45, 7) is 7.52. The highest BCUT2D eigenvalue weighted by molar-refractivity contribution is 9.10. The van der Waals surface area contributed by atoms with E-state index in [4.69, 9.17) is 16.6 Å². The molecule has 0 atom stereocenters. The Morgan fingerprint density at radius 3 is 2.46 bits per heavy atom. The number of hydrogen-bond acceptors (Lipinski definition) is 4. The lowest BCUT2D eigenvalue weighted by molar-refractivity contribution is 0.0717. The molecule has 3 heterocycles. The van der Waals surface area contributed by atoms with Crippen LogP contribution >= 0.6 is 27.5 Å². The maximum Gasteiger partial charge on any atom is 0.254 e. The van der Waals surface area contributed by atoms with Crippen molar-refractivity contribution in [2.75, 3.05) is 18.4 Å². The van der Waals surface area contributed by atoms with Crippen molar-refractivity contribution in [3.8, 4) is 11.3 Å². The maximum atomic E-state index is 13.3. The van der Waals surface area contributed by atoms with E-state index in [1.165, 1.54) is 5.56 Å². The predicted molar refractivity (Wildman–Crippen MR) is 144 cm³/mol. The van der Waals surface area contributed by atoms with Gasteiger partial charge in [0.05, 0.1) is 16.4 Å². The number of aryl methyl sites for hydroxylation is 3. The minimum Gasteiger partial charge on any atom is -0.367 e. The van der Waals surface area contributed by atoms with Crippen molar-refractivity contribution in [3.63, 3.8) is 0 Å². The van der Waals surface area contributed by atoms with E-state index >= 15 is 0 Å². The third-order valence-electron chi connectivity index (χ3n) is 6.60. The number of carbonyl (C=O) groups excluding carboxylic acids is 1. The number of fused-ring (bicyclic) bond motifs is 1. The zero-order valence-electron chi connectivity index (χ0n) is 20.0. The number of anilines is 1. The molecule has 0 spiro atoms. The molecule has 4 aromatic rings. The number of amides is 1. The SMILES string of the molecule is Cc1cc(C)c(C(=O)N2CCC(Nc3cc(-c4ccccc4Cl)nc4c(Br)cnn34)CC2)c(C)c1. The van der Waals surface area contributed by atoms with Gasteiger partial charge in [-0.1, -0.05) is 47.5 Å². The first-order valence-electron chi connectivity index (χ1n) is 11.7. The largest absolute Gasteiger partial charge is 0.367 e. The first-order chi connectivity index (χ1) is 16.8. The fraction of sp³-hybridized carbons (Fsp3) is 0.296. The molecule has 1 aliphatic rings. The Morgan fingerprint density at radius 2 is 1.77 bits per heavy atom. The second kappa shape index (κ2) is 9.63. The molecule has 8 heteroatoms. The van der Waals surface area contributed by atoms with Gasteiger partial charge in [-0.25, -0.2) is 4.98 Å². The number of rotatable bonds is 4. The summed E-state index contributed by atoms with van der Waals surface area (Å²) >= 11 is 10.0. The summed E-state index contributed by atoms with van der Waals surface area (Å²) in [6.07, 6.45) is 3.45. The lowest BCUT2D eigenvalue weighted by Crippen LogP contribution is -2.43.